The van der Waals surface area contributed by atoms with Crippen LogP contribution in [0.3, 0.4) is 0 Å². The highest BCUT2D eigenvalue weighted by atomic mass is 16.3. The molecule has 0 spiro atoms. The normalized spacial score (nSPS) is 16.7. The molecule has 0 radical (unpaired) electrons. The molecule has 1 amide bonds. The molecule has 0 aliphatic carbocycles. The fourth-order valence-corrected chi connectivity index (χ4v) is 3.14. The molecular weight excluding hydrogens is 326 g/mol. The maximum Gasteiger partial charge on any atom is 0.251 e. The molecule has 1 aliphatic heterocycles. The number of rotatable bonds is 4. The largest absolute Gasteiger partial charge is 0.388 e. The summed E-state index contributed by atoms with van der Waals surface area (Å²) in [6.07, 6.45) is 1.33. The number of aliphatic hydroxyl groups is 1. The third-order valence-corrected chi connectivity index (χ3v) is 4.97. The van der Waals surface area contributed by atoms with E-state index in [9.17, 15) is 9.90 Å². The van der Waals surface area contributed by atoms with Crippen LogP contribution in [0.15, 0.2) is 48.5 Å². The molecule has 0 bridgehead atoms. The lowest BCUT2D eigenvalue weighted by Crippen LogP contribution is -2.50. The van der Waals surface area contributed by atoms with Crippen molar-refractivity contribution in [2.75, 3.05) is 26.7 Å². The van der Waals surface area contributed by atoms with Crippen LogP contribution >= 0.6 is 0 Å². The van der Waals surface area contributed by atoms with Crippen LogP contribution in [0, 0.1) is 11.3 Å². The zero-order chi connectivity index (χ0) is 18.6. The van der Waals surface area contributed by atoms with Gasteiger partial charge < -0.3 is 15.3 Å². The predicted octanol–water partition coefficient (Wildman–Crippen LogP) is 2.41. The zero-order valence-corrected chi connectivity index (χ0v) is 14.9. The van der Waals surface area contributed by atoms with Crippen molar-refractivity contribution in [1.29, 1.82) is 5.26 Å². The summed E-state index contributed by atoms with van der Waals surface area (Å²) in [6.45, 7) is 1.94. The van der Waals surface area contributed by atoms with Crippen molar-refractivity contribution in [3.63, 3.8) is 0 Å². The van der Waals surface area contributed by atoms with Gasteiger partial charge in [-0.05, 0) is 55.3 Å². The molecule has 2 N–H and O–H groups in total. The average molecular weight is 349 g/mol. The summed E-state index contributed by atoms with van der Waals surface area (Å²) in [5.74, 6) is -0.185. The second kappa shape index (κ2) is 7.69. The number of likely N-dealkylation sites (tertiary alicyclic amines) is 1. The molecule has 134 valence electrons. The van der Waals surface area contributed by atoms with Gasteiger partial charge in [0.25, 0.3) is 5.91 Å². The van der Waals surface area contributed by atoms with Gasteiger partial charge in [-0.25, -0.2) is 0 Å². The molecule has 2 aromatic carbocycles. The van der Waals surface area contributed by atoms with Crippen molar-refractivity contribution < 1.29 is 9.90 Å². The van der Waals surface area contributed by atoms with Gasteiger partial charge in [0.1, 0.15) is 0 Å². The molecule has 1 aliphatic rings. The first-order chi connectivity index (χ1) is 12.5. The molecule has 1 saturated heterocycles. The molecule has 5 heteroatoms. The van der Waals surface area contributed by atoms with Gasteiger partial charge in [0.05, 0.1) is 17.2 Å². The summed E-state index contributed by atoms with van der Waals surface area (Å²) in [6, 6.07) is 16.8. The quantitative estimate of drug-likeness (QED) is 0.889. The second-order valence-electron chi connectivity index (χ2n) is 6.98. The minimum atomic E-state index is -0.820. The Hall–Kier alpha value is -2.68. The van der Waals surface area contributed by atoms with E-state index in [0.717, 1.165) is 24.2 Å². The highest BCUT2D eigenvalue weighted by Crippen LogP contribution is 2.22. The van der Waals surface area contributed by atoms with Crippen molar-refractivity contribution in [2.24, 2.45) is 0 Å². The summed E-state index contributed by atoms with van der Waals surface area (Å²) in [5, 5.41) is 22.4. The lowest BCUT2D eigenvalue weighted by Gasteiger charge is -2.36. The standard InChI is InChI=1S/C21H23N3O2/c1-24-11-9-21(26,10-12-24)15-23-20(25)18-7-5-17(6-8-18)19-4-2-3-16(13-19)14-22/h2-8,13,26H,9-12,15H2,1H3,(H,23,25). The Morgan fingerprint density at radius 2 is 1.88 bits per heavy atom. The highest BCUT2D eigenvalue weighted by molar-refractivity contribution is 5.94. The van der Waals surface area contributed by atoms with Crippen LogP contribution in [0.4, 0.5) is 0 Å². The van der Waals surface area contributed by atoms with E-state index in [-0.39, 0.29) is 12.5 Å². The summed E-state index contributed by atoms with van der Waals surface area (Å²) in [5.41, 5.74) is 2.24. The monoisotopic (exact) mass is 349 g/mol. The van der Waals surface area contributed by atoms with Crippen LogP contribution in [0.1, 0.15) is 28.8 Å². The van der Waals surface area contributed by atoms with Crippen molar-refractivity contribution >= 4 is 5.91 Å². The lowest BCUT2D eigenvalue weighted by atomic mass is 9.91. The third-order valence-electron chi connectivity index (χ3n) is 4.97. The van der Waals surface area contributed by atoms with Crippen LogP contribution in [-0.2, 0) is 0 Å². The number of nitriles is 1. The van der Waals surface area contributed by atoms with Gasteiger partial charge >= 0.3 is 0 Å². The SMILES string of the molecule is CN1CCC(O)(CNC(=O)c2ccc(-c3cccc(C#N)c3)cc2)CC1. The maximum absolute atomic E-state index is 12.4. The summed E-state index contributed by atoms with van der Waals surface area (Å²) in [4.78, 5) is 14.5. The third kappa shape index (κ3) is 4.29. The first kappa shape index (κ1) is 18.1. The summed E-state index contributed by atoms with van der Waals surface area (Å²) in [7, 11) is 2.03. The number of hydrogen-bond donors (Lipinski definition) is 2. The molecule has 2 aromatic rings. The Labute approximate surface area is 153 Å². The minimum absolute atomic E-state index is 0.185. The number of amides is 1. The first-order valence-electron chi connectivity index (χ1n) is 8.79. The fourth-order valence-electron chi connectivity index (χ4n) is 3.14. The van der Waals surface area contributed by atoms with Crippen LogP contribution in [0.2, 0.25) is 0 Å². The second-order valence-corrected chi connectivity index (χ2v) is 6.98. The van der Waals surface area contributed by atoms with Crippen molar-refractivity contribution in [3.8, 4) is 17.2 Å². The van der Waals surface area contributed by atoms with E-state index in [2.05, 4.69) is 16.3 Å². The Bertz CT molecular complexity index is 816. The predicted molar refractivity (Wildman–Crippen MR) is 101 cm³/mol. The lowest BCUT2D eigenvalue weighted by molar-refractivity contribution is -0.0135. The van der Waals surface area contributed by atoms with E-state index >= 15 is 0 Å². The van der Waals surface area contributed by atoms with Gasteiger partial charge in [-0.3, -0.25) is 4.79 Å². The number of nitrogens with zero attached hydrogens (tertiary/aromatic N) is 2. The number of nitrogens with one attached hydrogen (secondary N) is 1. The van der Waals surface area contributed by atoms with Gasteiger partial charge in [-0.1, -0.05) is 24.3 Å². The number of benzene rings is 2. The molecule has 3 rings (SSSR count). The minimum Gasteiger partial charge on any atom is -0.388 e. The first-order valence-corrected chi connectivity index (χ1v) is 8.79. The Kier molecular flexibility index (Phi) is 5.36. The van der Waals surface area contributed by atoms with Crippen molar-refractivity contribution in [2.45, 2.75) is 18.4 Å². The molecule has 0 atom stereocenters. The van der Waals surface area contributed by atoms with Crippen LogP contribution < -0.4 is 5.32 Å². The zero-order valence-electron chi connectivity index (χ0n) is 14.9. The number of carbonyl (C=O) groups excluding carboxylic acids is 1. The van der Waals surface area contributed by atoms with E-state index in [0.29, 0.717) is 24.0 Å². The topological polar surface area (TPSA) is 76.4 Å². The van der Waals surface area contributed by atoms with Gasteiger partial charge in [0, 0.05) is 25.2 Å². The van der Waals surface area contributed by atoms with Crippen LogP contribution in [0.25, 0.3) is 11.1 Å². The average Bonchev–Trinajstić information content (AvgIpc) is 2.69. The molecular formula is C21H23N3O2. The number of hydrogen-bond acceptors (Lipinski definition) is 4. The Balaban J connectivity index is 1.63. The Morgan fingerprint density at radius 3 is 2.54 bits per heavy atom. The molecule has 1 heterocycles. The van der Waals surface area contributed by atoms with E-state index in [4.69, 9.17) is 5.26 Å². The molecule has 5 nitrogen and oxygen atoms in total. The van der Waals surface area contributed by atoms with Crippen molar-refractivity contribution in [3.05, 3.63) is 59.7 Å². The van der Waals surface area contributed by atoms with Crippen LogP contribution in [-0.4, -0.2) is 48.2 Å². The number of piperidine rings is 1. The maximum atomic E-state index is 12.4. The van der Waals surface area contributed by atoms with Gasteiger partial charge in [-0.15, -0.1) is 0 Å². The van der Waals surface area contributed by atoms with E-state index < -0.39 is 5.60 Å². The van der Waals surface area contributed by atoms with Crippen molar-refractivity contribution in [1.82, 2.24) is 10.2 Å². The van der Waals surface area contributed by atoms with E-state index in [1.165, 1.54) is 0 Å². The fraction of sp³-hybridized carbons (Fsp3) is 0.333. The van der Waals surface area contributed by atoms with Gasteiger partial charge in [-0.2, -0.15) is 5.26 Å². The highest BCUT2D eigenvalue weighted by Gasteiger charge is 2.31. The smallest absolute Gasteiger partial charge is 0.251 e. The number of carbonyl (C=O) groups is 1. The van der Waals surface area contributed by atoms with Crippen LogP contribution in [0.5, 0.6) is 0 Å². The van der Waals surface area contributed by atoms with E-state index in [1.807, 2.05) is 37.4 Å². The van der Waals surface area contributed by atoms with Gasteiger partial charge in [0.2, 0.25) is 0 Å². The molecule has 0 aromatic heterocycles. The summed E-state index contributed by atoms with van der Waals surface area (Å²) >= 11 is 0. The molecule has 1 fully saturated rings. The Morgan fingerprint density at radius 1 is 1.19 bits per heavy atom. The molecule has 26 heavy (non-hydrogen) atoms. The van der Waals surface area contributed by atoms with E-state index in [1.54, 1.807) is 18.2 Å². The molecule has 0 saturated carbocycles. The summed E-state index contributed by atoms with van der Waals surface area (Å²) < 4.78 is 0. The molecule has 0 unspecified atom stereocenters. The van der Waals surface area contributed by atoms with Gasteiger partial charge in [0.15, 0.2) is 0 Å².